The van der Waals surface area contributed by atoms with Gasteiger partial charge in [0.1, 0.15) is 17.3 Å². The molecule has 2 aliphatic heterocycles. The molecular formula is C28H34N2O5. The van der Waals surface area contributed by atoms with E-state index in [-0.39, 0.29) is 17.6 Å². The lowest BCUT2D eigenvalue weighted by molar-refractivity contribution is -0.127. The van der Waals surface area contributed by atoms with Crippen molar-refractivity contribution in [1.82, 2.24) is 9.80 Å². The number of phenols is 1. The minimum absolute atomic E-state index is 0.0381. The molecule has 2 amide bonds. The van der Waals surface area contributed by atoms with Gasteiger partial charge in [0.05, 0.1) is 6.10 Å². The summed E-state index contributed by atoms with van der Waals surface area (Å²) in [4.78, 5) is 28.5. The molecule has 1 aromatic rings. The van der Waals surface area contributed by atoms with Crippen LogP contribution < -0.4 is 4.74 Å². The Morgan fingerprint density at radius 2 is 1.49 bits per heavy atom. The second-order valence-corrected chi connectivity index (χ2v) is 9.26. The molecule has 1 aromatic carbocycles. The summed E-state index contributed by atoms with van der Waals surface area (Å²) in [7, 11) is 0. The van der Waals surface area contributed by atoms with Crippen LogP contribution in [0.15, 0.2) is 59.9 Å². The molecule has 1 atom stereocenters. The van der Waals surface area contributed by atoms with Gasteiger partial charge in [-0.1, -0.05) is 6.08 Å². The van der Waals surface area contributed by atoms with Crippen LogP contribution in [0.5, 0.6) is 11.5 Å². The van der Waals surface area contributed by atoms with Gasteiger partial charge in [0, 0.05) is 43.9 Å². The number of carbonyl (C=O) groups excluding carboxylic acids is 2. The van der Waals surface area contributed by atoms with Crippen LogP contribution in [0, 0.1) is 0 Å². The van der Waals surface area contributed by atoms with Crippen molar-refractivity contribution in [2.45, 2.75) is 51.0 Å². The van der Waals surface area contributed by atoms with E-state index in [0.29, 0.717) is 29.1 Å². The quantitative estimate of drug-likeness (QED) is 0.605. The number of aliphatic hydroxyl groups is 1. The summed E-state index contributed by atoms with van der Waals surface area (Å²) in [5.41, 5.74) is 1.10. The number of nitrogens with zero attached hydrogens (tertiary/aromatic N) is 2. The van der Waals surface area contributed by atoms with Gasteiger partial charge in [-0.2, -0.15) is 0 Å². The van der Waals surface area contributed by atoms with Crippen LogP contribution in [0.3, 0.4) is 0 Å². The molecule has 2 heterocycles. The Bertz CT molecular complexity index is 1040. The third kappa shape index (κ3) is 6.85. The number of rotatable bonds is 6. The first kappa shape index (κ1) is 24.8. The third-order valence-corrected chi connectivity index (χ3v) is 6.63. The maximum Gasteiger partial charge on any atom is 0.246 e. The molecule has 0 aromatic heterocycles. The molecular weight excluding hydrogens is 444 g/mol. The lowest BCUT2D eigenvalue weighted by Crippen LogP contribution is -2.34. The van der Waals surface area contributed by atoms with E-state index in [1.165, 1.54) is 18.2 Å². The maximum atomic E-state index is 12.4. The molecule has 2 fully saturated rings. The average molecular weight is 479 g/mol. The lowest BCUT2D eigenvalue weighted by atomic mass is 10.00. The zero-order valence-electron chi connectivity index (χ0n) is 20.1. The van der Waals surface area contributed by atoms with Crippen molar-refractivity contribution >= 4 is 17.9 Å². The summed E-state index contributed by atoms with van der Waals surface area (Å²) in [6.07, 6.45) is 15.9. The number of allylic oxidation sites excluding steroid dienone is 1. The summed E-state index contributed by atoms with van der Waals surface area (Å²) in [5.74, 6) is 1.01. The van der Waals surface area contributed by atoms with Gasteiger partial charge in [-0.15, -0.1) is 0 Å². The Labute approximate surface area is 206 Å². The molecule has 186 valence electrons. The Kier molecular flexibility index (Phi) is 8.42. The fourth-order valence-corrected chi connectivity index (χ4v) is 4.55. The molecule has 7 nitrogen and oxygen atoms in total. The van der Waals surface area contributed by atoms with Gasteiger partial charge >= 0.3 is 0 Å². The molecule has 0 bridgehead atoms. The number of aromatic hydroxyl groups is 1. The van der Waals surface area contributed by atoms with E-state index in [4.69, 9.17) is 4.74 Å². The Balaban J connectivity index is 1.41. The van der Waals surface area contributed by atoms with Crippen molar-refractivity contribution in [3.05, 3.63) is 65.5 Å². The Hall–Kier alpha value is -3.32. The standard InChI is InChI=1S/C28H34N2O5/c31-25-11-9-23(19-21(25)7-13-27(33)29-15-3-1-4-16-29)35-24-10-12-26(32)22(20-24)8-14-28(34)30-17-5-2-6-18-30/h7-11,13-14,19-20,26,31-32H,1-6,12,15-18H2/b13-7+,14-8+. The van der Waals surface area contributed by atoms with E-state index in [2.05, 4.69) is 0 Å². The number of carbonyl (C=O) groups is 2. The van der Waals surface area contributed by atoms with Crippen molar-refractivity contribution in [3.63, 3.8) is 0 Å². The minimum atomic E-state index is -0.702. The van der Waals surface area contributed by atoms with Gasteiger partial charge < -0.3 is 24.7 Å². The summed E-state index contributed by atoms with van der Waals surface area (Å²) in [6, 6.07) is 4.85. The largest absolute Gasteiger partial charge is 0.507 e. The van der Waals surface area contributed by atoms with Crippen molar-refractivity contribution in [3.8, 4) is 11.5 Å². The first-order valence-electron chi connectivity index (χ1n) is 12.5. The summed E-state index contributed by atoms with van der Waals surface area (Å²) >= 11 is 0. The maximum absolute atomic E-state index is 12.4. The number of ether oxygens (including phenoxy) is 1. The second-order valence-electron chi connectivity index (χ2n) is 9.26. The van der Waals surface area contributed by atoms with Crippen LogP contribution in [-0.2, 0) is 9.59 Å². The molecule has 0 saturated carbocycles. The predicted molar refractivity (Wildman–Crippen MR) is 135 cm³/mol. The molecule has 35 heavy (non-hydrogen) atoms. The molecule has 2 saturated heterocycles. The molecule has 7 heteroatoms. The van der Waals surface area contributed by atoms with Crippen LogP contribution in [-0.4, -0.2) is 64.1 Å². The van der Waals surface area contributed by atoms with E-state index in [0.717, 1.165) is 64.7 Å². The van der Waals surface area contributed by atoms with Crippen LogP contribution in [0.4, 0.5) is 0 Å². The highest BCUT2D eigenvalue weighted by atomic mass is 16.5. The fourth-order valence-electron chi connectivity index (χ4n) is 4.55. The smallest absolute Gasteiger partial charge is 0.246 e. The number of hydrogen-bond acceptors (Lipinski definition) is 5. The molecule has 4 rings (SSSR count). The fraction of sp³-hybridized carbons (Fsp3) is 0.429. The highest BCUT2D eigenvalue weighted by Crippen LogP contribution is 2.28. The van der Waals surface area contributed by atoms with Crippen LogP contribution >= 0.6 is 0 Å². The van der Waals surface area contributed by atoms with Crippen molar-refractivity contribution in [2.24, 2.45) is 0 Å². The first-order chi connectivity index (χ1) is 17.0. The average Bonchev–Trinajstić information content (AvgIpc) is 2.90. The molecule has 3 aliphatic rings. The molecule has 0 radical (unpaired) electrons. The summed E-state index contributed by atoms with van der Waals surface area (Å²) in [6.45, 7) is 3.09. The zero-order chi connectivity index (χ0) is 24.6. The van der Waals surface area contributed by atoms with Gasteiger partial charge in [-0.25, -0.2) is 0 Å². The zero-order valence-corrected chi connectivity index (χ0v) is 20.1. The summed E-state index contributed by atoms with van der Waals surface area (Å²) < 4.78 is 5.98. The van der Waals surface area contributed by atoms with Crippen LogP contribution in [0.1, 0.15) is 50.5 Å². The Morgan fingerprint density at radius 1 is 0.886 bits per heavy atom. The van der Waals surface area contributed by atoms with E-state index in [9.17, 15) is 19.8 Å². The van der Waals surface area contributed by atoms with Crippen molar-refractivity contribution < 1.29 is 24.5 Å². The highest BCUT2D eigenvalue weighted by molar-refractivity contribution is 5.92. The van der Waals surface area contributed by atoms with Gasteiger partial charge in [0.15, 0.2) is 0 Å². The monoisotopic (exact) mass is 478 g/mol. The number of benzene rings is 1. The number of piperidine rings is 2. The molecule has 0 spiro atoms. The normalized spacial score (nSPS) is 21.2. The van der Waals surface area contributed by atoms with E-state index in [1.807, 2.05) is 9.80 Å². The van der Waals surface area contributed by atoms with Gasteiger partial charge in [-0.3, -0.25) is 9.59 Å². The molecule has 1 aliphatic carbocycles. The molecule has 1 unspecified atom stereocenters. The lowest BCUT2D eigenvalue weighted by Gasteiger charge is -2.25. The van der Waals surface area contributed by atoms with Gasteiger partial charge in [0.25, 0.3) is 0 Å². The number of phenolic OH excluding ortho intramolecular Hbond substituents is 1. The predicted octanol–water partition coefficient (Wildman–Crippen LogP) is 3.94. The van der Waals surface area contributed by atoms with E-state index in [1.54, 1.807) is 36.4 Å². The van der Waals surface area contributed by atoms with Crippen molar-refractivity contribution in [1.29, 1.82) is 0 Å². The summed E-state index contributed by atoms with van der Waals surface area (Å²) in [5, 5.41) is 20.6. The van der Waals surface area contributed by atoms with Crippen LogP contribution in [0.2, 0.25) is 0 Å². The first-order valence-corrected chi connectivity index (χ1v) is 12.5. The number of likely N-dealkylation sites (tertiary alicyclic amines) is 2. The van der Waals surface area contributed by atoms with Gasteiger partial charge in [-0.05, 0) is 86.9 Å². The number of aliphatic hydroxyl groups excluding tert-OH is 1. The number of amides is 2. The number of hydrogen-bond donors (Lipinski definition) is 2. The van der Waals surface area contributed by atoms with E-state index >= 15 is 0 Å². The second kappa shape index (κ2) is 11.9. The van der Waals surface area contributed by atoms with Crippen molar-refractivity contribution in [2.75, 3.05) is 26.2 Å². The van der Waals surface area contributed by atoms with Gasteiger partial charge in [0.2, 0.25) is 11.8 Å². The topological polar surface area (TPSA) is 90.3 Å². The van der Waals surface area contributed by atoms with E-state index < -0.39 is 6.10 Å². The SMILES string of the molecule is O=C(/C=C/C1=CC(Oc2ccc(O)c(/C=C/C(=O)N3CCCCC3)c2)=CCC1O)N1CCCCC1. The third-order valence-electron chi connectivity index (χ3n) is 6.63. The highest BCUT2D eigenvalue weighted by Gasteiger charge is 2.18. The Morgan fingerprint density at radius 3 is 2.11 bits per heavy atom. The van der Waals surface area contributed by atoms with Crippen LogP contribution in [0.25, 0.3) is 6.08 Å². The molecule has 2 N–H and O–H groups in total. The minimum Gasteiger partial charge on any atom is -0.507 e.